The number of aromatic nitrogens is 1. The number of sulfonamides is 1. The molecular weight excluding hydrogens is 450 g/mol. The van der Waals surface area contributed by atoms with E-state index < -0.39 is 10.0 Å². The van der Waals surface area contributed by atoms with E-state index in [2.05, 4.69) is 21.1 Å². The lowest BCUT2D eigenvalue weighted by atomic mass is 10.1. The van der Waals surface area contributed by atoms with Crippen molar-refractivity contribution in [2.75, 3.05) is 17.1 Å². The molecule has 0 aliphatic carbocycles. The Morgan fingerprint density at radius 2 is 1.79 bits per heavy atom. The van der Waals surface area contributed by atoms with Gasteiger partial charge in [-0.3, -0.25) is 9.52 Å². The Hall–Kier alpha value is -3.78. The fraction of sp³-hybridized carbons (Fsp3) is 0.192. The summed E-state index contributed by atoms with van der Waals surface area (Å²) in [6.45, 7) is 1.83. The van der Waals surface area contributed by atoms with Crippen molar-refractivity contribution < 1.29 is 17.9 Å². The SMILES string of the molecule is COc1ccc(NS(=O)(=O)c2ccc(C)c(NC(=O)CCCc3c[nH]c4ccccc34)c2)cc1. The number of anilines is 2. The molecule has 34 heavy (non-hydrogen) atoms. The van der Waals surface area contributed by atoms with Crippen molar-refractivity contribution in [1.82, 2.24) is 4.98 Å². The standard InChI is InChI=1S/C26H27N3O4S/c1-18-10-15-22(34(31,32)29-20-11-13-21(33-2)14-12-20)16-25(18)28-26(30)9-5-6-19-17-27-24-8-4-3-7-23(19)24/h3-4,7-8,10-17,27,29H,5-6,9H2,1-2H3,(H,28,30). The Bertz CT molecular complexity index is 1410. The molecule has 0 spiro atoms. The van der Waals surface area contributed by atoms with Crippen LogP contribution in [0.1, 0.15) is 24.0 Å². The van der Waals surface area contributed by atoms with Crippen LogP contribution in [0, 0.1) is 6.92 Å². The van der Waals surface area contributed by atoms with Crippen LogP contribution >= 0.6 is 0 Å². The number of aromatic amines is 1. The molecule has 3 aromatic carbocycles. The quantitative estimate of drug-likeness (QED) is 0.307. The fourth-order valence-corrected chi connectivity index (χ4v) is 4.85. The van der Waals surface area contributed by atoms with Crippen molar-refractivity contribution in [3.8, 4) is 5.75 Å². The van der Waals surface area contributed by atoms with Crippen molar-refractivity contribution in [3.63, 3.8) is 0 Å². The van der Waals surface area contributed by atoms with Gasteiger partial charge in [0.05, 0.1) is 12.0 Å². The lowest BCUT2D eigenvalue weighted by Gasteiger charge is -2.13. The Morgan fingerprint density at radius 1 is 1.03 bits per heavy atom. The predicted octanol–water partition coefficient (Wildman–Crippen LogP) is 5.25. The van der Waals surface area contributed by atoms with Crippen LogP contribution < -0.4 is 14.8 Å². The number of nitrogens with one attached hydrogen (secondary N) is 3. The van der Waals surface area contributed by atoms with E-state index in [0.717, 1.165) is 17.5 Å². The first-order chi connectivity index (χ1) is 16.4. The van der Waals surface area contributed by atoms with Gasteiger partial charge in [-0.05, 0) is 73.4 Å². The van der Waals surface area contributed by atoms with Crippen molar-refractivity contribution in [3.05, 3.63) is 84.1 Å². The summed E-state index contributed by atoms with van der Waals surface area (Å²) in [6, 6.07) is 19.4. The zero-order valence-corrected chi connectivity index (χ0v) is 19.9. The minimum Gasteiger partial charge on any atom is -0.497 e. The molecule has 3 N–H and O–H groups in total. The molecule has 1 aromatic heterocycles. The van der Waals surface area contributed by atoms with Gasteiger partial charge in [0.2, 0.25) is 5.91 Å². The highest BCUT2D eigenvalue weighted by Gasteiger charge is 2.17. The van der Waals surface area contributed by atoms with E-state index in [9.17, 15) is 13.2 Å². The summed E-state index contributed by atoms with van der Waals surface area (Å²) in [5.41, 5.74) is 3.95. The van der Waals surface area contributed by atoms with Crippen LogP contribution in [0.25, 0.3) is 10.9 Å². The lowest BCUT2D eigenvalue weighted by Crippen LogP contribution is -2.15. The fourth-order valence-electron chi connectivity index (χ4n) is 3.77. The number of aryl methyl sites for hydroxylation is 2. The summed E-state index contributed by atoms with van der Waals surface area (Å²) in [7, 11) is -2.28. The monoisotopic (exact) mass is 477 g/mol. The van der Waals surface area contributed by atoms with Crippen molar-refractivity contribution in [2.24, 2.45) is 0 Å². The first-order valence-electron chi connectivity index (χ1n) is 11.0. The Morgan fingerprint density at radius 3 is 2.56 bits per heavy atom. The molecule has 1 amide bonds. The molecule has 0 radical (unpaired) electrons. The highest BCUT2D eigenvalue weighted by Crippen LogP contribution is 2.24. The van der Waals surface area contributed by atoms with E-state index >= 15 is 0 Å². The molecule has 7 nitrogen and oxygen atoms in total. The number of amides is 1. The highest BCUT2D eigenvalue weighted by atomic mass is 32.2. The minimum atomic E-state index is -3.82. The molecule has 0 saturated heterocycles. The number of ether oxygens (including phenoxy) is 1. The summed E-state index contributed by atoms with van der Waals surface area (Å²) in [6.07, 6.45) is 3.78. The average molecular weight is 478 g/mol. The lowest BCUT2D eigenvalue weighted by molar-refractivity contribution is -0.116. The number of hydrogen-bond donors (Lipinski definition) is 3. The number of fused-ring (bicyclic) bond motifs is 1. The van der Waals surface area contributed by atoms with Crippen LogP contribution in [-0.4, -0.2) is 26.4 Å². The topological polar surface area (TPSA) is 100 Å². The molecule has 0 bridgehead atoms. The number of benzene rings is 3. The molecule has 0 aliphatic rings. The molecule has 0 fully saturated rings. The van der Waals surface area contributed by atoms with Gasteiger partial charge in [-0.25, -0.2) is 8.42 Å². The third kappa shape index (κ3) is 5.40. The zero-order chi connectivity index (χ0) is 24.1. The smallest absolute Gasteiger partial charge is 0.261 e. The summed E-state index contributed by atoms with van der Waals surface area (Å²) in [4.78, 5) is 15.9. The second kappa shape index (κ2) is 10.0. The summed E-state index contributed by atoms with van der Waals surface area (Å²) < 4.78 is 33.4. The highest BCUT2D eigenvalue weighted by molar-refractivity contribution is 7.92. The minimum absolute atomic E-state index is 0.0722. The predicted molar refractivity (Wildman–Crippen MR) is 135 cm³/mol. The van der Waals surface area contributed by atoms with Gasteiger partial charge in [0.25, 0.3) is 10.0 Å². The van der Waals surface area contributed by atoms with Crippen molar-refractivity contribution in [2.45, 2.75) is 31.1 Å². The number of hydrogen-bond acceptors (Lipinski definition) is 4. The van der Waals surface area contributed by atoms with Gasteiger partial charge in [-0.1, -0.05) is 24.3 Å². The maximum atomic E-state index is 12.9. The molecule has 4 aromatic rings. The molecule has 0 atom stereocenters. The van der Waals surface area contributed by atoms with Crippen molar-refractivity contribution >= 4 is 38.2 Å². The van der Waals surface area contributed by atoms with Crippen LogP contribution in [0.2, 0.25) is 0 Å². The Labute approximate surface area is 199 Å². The summed E-state index contributed by atoms with van der Waals surface area (Å²) >= 11 is 0. The summed E-state index contributed by atoms with van der Waals surface area (Å²) in [5, 5.41) is 4.03. The molecule has 0 unspecified atom stereocenters. The zero-order valence-electron chi connectivity index (χ0n) is 19.1. The van der Waals surface area contributed by atoms with Crippen LogP contribution in [0.4, 0.5) is 11.4 Å². The van der Waals surface area contributed by atoms with Crippen LogP contribution in [0.15, 0.2) is 77.8 Å². The number of methoxy groups -OCH3 is 1. The first kappa shape index (κ1) is 23.4. The molecule has 176 valence electrons. The molecule has 8 heteroatoms. The average Bonchev–Trinajstić information content (AvgIpc) is 3.24. The van der Waals surface area contributed by atoms with Gasteiger partial charge in [-0.2, -0.15) is 0 Å². The normalized spacial score (nSPS) is 11.4. The molecule has 0 saturated carbocycles. The third-order valence-corrected chi connectivity index (χ3v) is 7.04. The number of rotatable bonds is 9. The van der Waals surface area contributed by atoms with Gasteiger partial charge in [0, 0.05) is 34.9 Å². The van der Waals surface area contributed by atoms with E-state index in [1.807, 2.05) is 31.3 Å². The maximum absolute atomic E-state index is 12.9. The van der Waals surface area contributed by atoms with E-state index in [1.54, 1.807) is 37.4 Å². The molecule has 0 aliphatic heterocycles. The van der Waals surface area contributed by atoms with Crippen molar-refractivity contribution in [1.29, 1.82) is 0 Å². The van der Waals surface area contributed by atoms with Gasteiger partial charge < -0.3 is 15.0 Å². The van der Waals surface area contributed by atoms with Crippen LogP contribution in [-0.2, 0) is 21.2 Å². The van der Waals surface area contributed by atoms with E-state index in [-0.39, 0.29) is 10.8 Å². The number of carbonyl (C=O) groups excluding carboxylic acids is 1. The third-order valence-electron chi connectivity index (χ3n) is 5.66. The number of carbonyl (C=O) groups is 1. The van der Waals surface area contributed by atoms with E-state index in [0.29, 0.717) is 30.0 Å². The second-order valence-corrected chi connectivity index (χ2v) is 9.75. The number of H-pyrrole nitrogens is 1. The van der Waals surface area contributed by atoms with Crippen LogP contribution in [0.3, 0.4) is 0 Å². The van der Waals surface area contributed by atoms with Gasteiger partial charge in [0.15, 0.2) is 0 Å². The summed E-state index contributed by atoms with van der Waals surface area (Å²) in [5.74, 6) is 0.480. The molecular formula is C26H27N3O4S. The van der Waals surface area contributed by atoms with Crippen LogP contribution in [0.5, 0.6) is 5.75 Å². The number of para-hydroxylation sites is 1. The maximum Gasteiger partial charge on any atom is 0.261 e. The van der Waals surface area contributed by atoms with Gasteiger partial charge >= 0.3 is 0 Å². The Balaban J connectivity index is 1.39. The first-order valence-corrected chi connectivity index (χ1v) is 12.5. The largest absolute Gasteiger partial charge is 0.497 e. The van der Waals surface area contributed by atoms with E-state index in [4.69, 9.17) is 4.74 Å². The Kier molecular flexibility index (Phi) is 6.88. The van der Waals surface area contributed by atoms with Gasteiger partial charge in [-0.15, -0.1) is 0 Å². The van der Waals surface area contributed by atoms with Gasteiger partial charge in [0.1, 0.15) is 5.75 Å². The molecule has 1 heterocycles. The van der Waals surface area contributed by atoms with E-state index in [1.165, 1.54) is 23.1 Å². The molecule has 4 rings (SSSR count). The second-order valence-electron chi connectivity index (χ2n) is 8.07.